The van der Waals surface area contributed by atoms with E-state index in [0.29, 0.717) is 6.04 Å². The van der Waals surface area contributed by atoms with Gasteiger partial charge in [-0.15, -0.1) is 0 Å². The molecular formula is C15H26N4. The van der Waals surface area contributed by atoms with E-state index in [2.05, 4.69) is 28.9 Å². The first-order valence-corrected chi connectivity index (χ1v) is 7.85. The molecule has 1 fully saturated rings. The van der Waals surface area contributed by atoms with Gasteiger partial charge in [-0.25, -0.2) is 4.68 Å². The maximum atomic E-state index is 4.94. The molecule has 1 unspecified atom stereocenters. The molecule has 0 aromatic carbocycles. The van der Waals surface area contributed by atoms with E-state index in [1.54, 1.807) is 0 Å². The summed E-state index contributed by atoms with van der Waals surface area (Å²) >= 11 is 0. The maximum absolute atomic E-state index is 4.94. The molecule has 4 heteroatoms. The first-order chi connectivity index (χ1) is 9.31. The van der Waals surface area contributed by atoms with Crippen LogP contribution >= 0.6 is 0 Å². The van der Waals surface area contributed by atoms with Crippen LogP contribution in [0.5, 0.6) is 0 Å². The number of piperidine rings is 1. The van der Waals surface area contributed by atoms with Crippen LogP contribution in [0.15, 0.2) is 0 Å². The van der Waals surface area contributed by atoms with Crippen molar-refractivity contribution < 1.29 is 0 Å². The van der Waals surface area contributed by atoms with Gasteiger partial charge in [0.1, 0.15) is 5.82 Å². The van der Waals surface area contributed by atoms with Gasteiger partial charge in [-0.1, -0.05) is 6.42 Å². The van der Waals surface area contributed by atoms with Crippen molar-refractivity contribution in [3.63, 3.8) is 0 Å². The van der Waals surface area contributed by atoms with E-state index in [0.717, 1.165) is 13.1 Å². The Hall–Kier alpha value is -1.03. The second-order valence-corrected chi connectivity index (χ2v) is 5.90. The van der Waals surface area contributed by atoms with Gasteiger partial charge in [-0.05, 0) is 52.6 Å². The van der Waals surface area contributed by atoms with Gasteiger partial charge in [0.05, 0.1) is 11.7 Å². The van der Waals surface area contributed by atoms with Gasteiger partial charge in [0, 0.05) is 18.7 Å². The molecule has 1 aromatic rings. The summed E-state index contributed by atoms with van der Waals surface area (Å²) in [6, 6.07) is 0.537. The molecule has 2 aliphatic heterocycles. The number of hydrogen-bond acceptors (Lipinski definition) is 3. The van der Waals surface area contributed by atoms with E-state index >= 15 is 0 Å². The standard InChI is InChI=1S/C15H26N4/c1-3-19-15-12(8-4-6-10-16-15)14(17-19)13-9-5-7-11-18(13)2/h13,16H,3-11H2,1-2H3. The summed E-state index contributed by atoms with van der Waals surface area (Å²) in [4.78, 5) is 2.50. The summed E-state index contributed by atoms with van der Waals surface area (Å²) in [7, 11) is 2.26. The normalized spacial score (nSPS) is 24.6. The van der Waals surface area contributed by atoms with Gasteiger partial charge in [0.15, 0.2) is 0 Å². The number of aromatic nitrogens is 2. The fourth-order valence-corrected chi connectivity index (χ4v) is 3.51. The zero-order valence-corrected chi connectivity index (χ0v) is 12.3. The zero-order valence-electron chi connectivity index (χ0n) is 12.3. The number of nitrogens with zero attached hydrogens (tertiary/aromatic N) is 3. The van der Waals surface area contributed by atoms with Crippen LogP contribution < -0.4 is 5.32 Å². The number of likely N-dealkylation sites (tertiary alicyclic amines) is 1. The summed E-state index contributed by atoms with van der Waals surface area (Å²) < 4.78 is 2.18. The van der Waals surface area contributed by atoms with Gasteiger partial charge < -0.3 is 5.32 Å². The molecule has 0 saturated carbocycles. The Morgan fingerprint density at radius 3 is 2.95 bits per heavy atom. The molecule has 2 aliphatic rings. The van der Waals surface area contributed by atoms with Crippen molar-refractivity contribution in [2.75, 3.05) is 25.5 Å². The predicted molar refractivity (Wildman–Crippen MR) is 78.6 cm³/mol. The second-order valence-electron chi connectivity index (χ2n) is 5.90. The van der Waals surface area contributed by atoms with Crippen LogP contribution in [0, 0.1) is 0 Å². The van der Waals surface area contributed by atoms with Crippen molar-refractivity contribution >= 4 is 5.82 Å². The lowest BCUT2D eigenvalue weighted by atomic mass is 9.96. The third kappa shape index (κ3) is 2.38. The van der Waals surface area contributed by atoms with E-state index in [1.807, 2.05) is 0 Å². The lowest BCUT2D eigenvalue weighted by Crippen LogP contribution is -2.30. The highest BCUT2D eigenvalue weighted by molar-refractivity contribution is 5.50. The van der Waals surface area contributed by atoms with Gasteiger partial charge in [-0.3, -0.25) is 4.90 Å². The molecule has 1 aromatic heterocycles. The van der Waals surface area contributed by atoms with E-state index in [9.17, 15) is 0 Å². The van der Waals surface area contributed by atoms with Gasteiger partial charge in [0.2, 0.25) is 0 Å². The van der Waals surface area contributed by atoms with Crippen molar-refractivity contribution in [2.45, 2.75) is 58.0 Å². The molecule has 3 heterocycles. The molecule has 3 rings (SSSR count). The molecular weight excluding hydrogens is 236 g/mol. The van der Waals surface area contributed by atoms with E-state index in [-0.39, 0.29) is 0 Å². The van der Waals surface area contributed by atoms with Crippen LogP contribution in [0.25, 0.3) is 0 Å². The Balaban J connectivity index is 1.98. The summed E-state index contributed by atoms with van der Waals surface area (Å²) in [6.07, 6.45) is 7.71. The first kappa shape index (κ1) is 13.0. The summed E-state index contributed by atoms with van der Waals surface area (Å²) in [5.41, 5.74) is 2.85. The van der Waals surface area contributed by atoms with E-state index in [1.165, 1.54) is 62.1 Å². The SMILES string of the molecule is CCn1nc(C2CCCCN2C)c2c1NCCCC2. The number of aryl methyl sites for hydroxylation is 1. The quantitative estimate of drug-likeness (QED) is 0.889. The predicted octanol–water partition coefficient (Wildman–Crippen LogP) is 2.81. The van der Waals surface area contributed by atoms with E-state index < -0.39 is 0 Å². The Morgan fingerprint density at radius 2 is 2.16 bits per heavy atom. The Bertz CT molecular complexity index is 438. The number of hydrogen-bond donors (Lipinski definition) is 1. The molecule has 1 N–H and O–H groups in total. The van der Waals surface area contributed by atoms with E-state index in [4.69, 9.17) is 5.10 Å². The Labute approximate surface area is 116 Å². The topological polar surface area (TPSA) is 33.1 Å². The number of nitrogens with one attached hydrogen (secondary N) is 1. The van der Waals surface area contributed by atoms with Gasteiger partial charge in [0.25, 0.3) is 0 Å². The zero-order chi connectivity index (χ0) is 13.2. The molecule has 0 bridgehead atoms. The average molecular weight is 262 g/mol. The minimum Gasteiger partial charge on any atom is -0.370 e. The molecule has 0 radical (unpaired) electrons. The number of anilines is 1. The molecule has 0 aliphatic carbocycles. The van der Waals surface area contributed by atoms with Crippen molar-refractivity contribution in [3.05, 3.63) is 11.3 Å². The minimum absolute atomic E-state index is 0.537. The minimum atomic E-state index is 0.537. The van der Waals surface area contributed by atoms with Crippen LogP contribution in [0.3, 0.4) is 0 Å². The molecule has 0 spiro atoms. The smallest absolute Gasteiger partial charge is 0.127 e. The maximum Gasteiger partial charge on any atom is 0.127 e. The third-order valence-corrected chi connectivity index (χ3v) is 4.61. The fourth-order valence-electron chi connectivity index (χ4n) is 3.51. The second kappa shape index (κ2) is 5.53. The van der Waals surface area contributed by atoms with Gasteiger partial charge >= 0.3 is 0 Å². The number of fused-ring (bicyclic) bond motifs is 1. The van der Waals surface area contributed by atoms with Crippen LogP contribution in [-0.2, 0) is 13.0 Å². The molecule has 106 valence electrons. The van der Waals surface area contributed by atoms with Crippen LogP contribution in [0.1, 0.15) is 56.3 Å². The largest absolute Gasteiger partial charge is 0.370 e. The molecule has 1 saturated heterocycles. The third-order valence-electron chi connectivity index (χ3n) is 4.61. The first-order valence-electron chi connectivity index (χ1n) is 7.85. The number of rotatable bonds is 2. The molecule has 19 heavy (non-hydrogen) atoms. The highest BCUT2D eigenvalue weighted by Gasteiger charge is 2.28. The molecule has 0 amide bonds. The molecule has 1 atom stereocenters. The van der Waals surface area contributed by atoms with Crippen LogP contribution in [0.2, 0.25) is 0 Å². The summed E-state index contributed by atoms with van der Waals surface area (Å²) in [5.74, 6) is 1.30. The Kier molecular flexibility index (Phi) is 3.78. The van der Waals surface area contributed by atoms with Crippen molar-refractivity contribution in [1.82, 2.24) is 14.7 Å². The monoisotopic (exact) mass is 262 g/mol. The van der Waals surface area contributed by atoms with Crippen molar-refractivity contribution in [2.24, 2.45) is 0 Å². The lowest BCUT2D eigenvalue weighted by molar-refractivity contribution is 0.182. The summed E-state index contributed by atoms with van der Waals surface area (Å²) in [6.45, 7) is 5.46. The van der Waals surface area contributed by atoms with Crippen LogP contribution in [-0.4, -0.2) is 34.8 Å². The molecule has 4 nitrogen and oxygen atoms in total. The highest BCUT2D eigenvalue weighted by Crippen LogP contribution is 2.35. The van der Waals surface area contributed by atoms with Crippen molar-refractivity contribution in [1.29, 1.82) is 0 Å². The van der Waals surface area contributed by atoms with Crippen molar-refractivity contribution in [3.8, 4) is 0 Å². The summed E-state index contributed by atoms with van der Waals surface area (Å²) in [5, 5.41) is 8.54. The average Bonchev–Trinajstić information content (AvgIpc) is 2.61. The lowest BCUT2D eigenvalue weighted by Gasteiger charge is -2.31. The van der Waals surface area contributed by atoms with Gasteiger partial charge in [-0.2, -0.15) is 5.10 Å². The Morgan fingerprint density at radius 1 is 1.26 bits per heavy atom. The highest BCUT2D eigenvalue weighted by atomic mass is 15.3. The fraction of sp³-hybridized carbons (Fsp3) is 0.800. The van der Waals surface area contributed by atoms with Crippen LogP contribution in [0.4, 0.5) is 5.82 Å².